The van der Waals surface area contributed by atoms with E-state index in [0.717, 1.165) is 5.56 Å². The molecule has 1 aromatic carbocycles. The molecule has 1 aliphatic rings. The number of carbonyl (C=O) groups excluding carboxylic acids is 2. The second-order valence-corrected chi connectivity index (χ2v) is 5.19. The second-order valence-electron chi connectivity index (χ2n) is 4.75. The molecule has 2 rings (SSSR count). The van der Waals surface area contributed by atoms with Crippen LogP contribution in [-0.4, -0.2) is 32.3 Å². The predicted octanol–water partition coefficient (Wildman–Crippen LogP) is 2.16. The number of hydrogen-bond donors (Lipinski definition) is 2. The Labute approximate surface area is 133 Å². The van der Waals surface area contributed by atoms with Crippen LogP contribution in [0.2, 0.25) is 5.02 Å². The summed E-state index contributed by atoms with van der Waals surface area (Å²) in [6, 6.07) is 5.97. The number of carbonyl (C=O) groups is 2. The summed E-state index contributed by atoms with van der Waals surface area (Å²) in [6.07, 6.45) is 0. The summed E-state index contributed by atoms with van der Waals surface area (Å²) in [5.74, 6) is -0.498. The van der Waals surface area contributed by atoms with E-state index in [0.29, 0.717) is 22.9 Å². The van der Waals surface area contributed by atoms with Crippen molar-refractivity contribution in [2.45, 2.75) is 13.0 Å². The molecule has 0 bridgehead atoms. The molecule has 0 saturated carbocycles. The fourth-order valence-electron chi connectivity index (χ4n) is 2.17. The predicted molar refractivity (Wildman–Crippen MR) is 81.4 cm³/mol. The van der Waals surface area contributed by atoms with Gasteiger partial charge in [-0.3, -0.25) is 0 Å². The van der Waals surface area contributed by atoms with Crippen LogP contribution in [0.15, 0.2) is 35.5 Å². The SMILES string of the molecule is COCCOC(=O)C1=C(C)NC(=O)N[C@@H]1c1ccc(Cl)cc1. The van der Waals surface area contributed by atoms with E-state index >= 15 is 0 Å². The zero-order valence-electron chi connectivity index (χ0n) is 12.3. The summed E-state index contributed by atoms with van der Waals surface area (Å²) in [5, 5.41) is 5.88. The van der Waals surface area contributed by atoms with Gasteiger partial charge in [-0.15, -0.1) is 0 Å². The van der Waals surface area contributed by atoms with Crippen molar-refractivity contribution in [2.24, 2.45) is 0 Å². The lowest BCUT2D eigenvalue weighted by Crippen LogP contribution is -2.45. The molecule has 1 heterocycles. The highest BCUT2D eigenvalue weighted by Crippen LogP contribution is 2.28. The third-order valence-corrected chi connectivity index (χ3v) is 3.46. The third kappa shape index (κ3) is 3.78. The molecule has 0 fully saturated rings. The van der Waals surface area contributed by atoms with Crippen molar-refractivity contribution in [3.05, 3.63) is 46.1 Å². The van der Waals surface area contributed by atoms with E-state index in [1.807, 2.05) is 0 Å². The molecule has 2 amide bonds. The summed E-state index contributed by atoms with van der Waals surface area (Å²) in [6.45, 7) is 2.12. The molecular formula is C15H17ClN2O4. The molecule has 0 spiro atoms. The van der Waals surface area contributed by atoms with Crippen molar-refractivity contribution in [1.82, 2.24) is 10.6 Å². The van der Waals surface area contributed by atoms with E-state index in [4.69, 9.17) is 21.1 Å². The fourth-order valence-corrected chi connectivity index (χ4v) is 2.29. The third-order valence-electron chi connectivity index (χ3n) is 3.21. The first-order valence-electron chi connectivity index (χ1n) is 6.72. The lowest BCUT2D eigenvalue weighted by atomic mass is 9.96. The van der Waals surface area contributed by atoms with Crippen molar-refractivity contribution < 1.29 is 19.1 Å². The quantitative estimate of drug-likeness (QED) is 0.643. The molecule has 1 aliphatic heterocycles. The minimum absolute atomic E-state index is 0.146. The van der Waals surface area contributed by atoms with Gasteiger partial charge in [-0.05, 0) is 24.6 Å². The Morgan fingerprint density at radius 1 is 1.27 bits per heavy atom. The van der Waals surface area contributed by atoms with Crippen LogP contribution in [0, 0.1) is 0 Å². The van der Waals surface area contributed by atoms with Gasteiger partial charge in [0, 0.05) is 17.8 Å². The van der Waals surface area contributed by atoms with Crippen molar-refractivity contribution in [3.8, 4) is 0 Å². The number of allylic oxidation sites excluding steroid dienone is 1. The molecule has 1 atom stereocenters. The smallest absolute Gasteiger partial charge is 0.338 e. The van der Waals surface area contributed by atoms with Crippen molar-refractivity contribution in [3.63, 3.8) is 0 Å². The van der Waals surface area contributed by atoms with E-state index in [1.165, 1.54) is 7.11 Å². The molecule has 22 heavy (non-hydrogen) atoms. The molecule has 118 valence electrons. The zero-order valence-corrected chi connectivity index (χ0v) is 13.1. The van der Waals surface area contributed by atoms with Crippen LogP contribution in [0.4, 0.5) is 4.79 Å². The van der Waals surface area contributed by atoms with Crippen molar-refractivity contribution in [2.75, 3.05) is 20.3 Å². The number of hydrogen-bond acceptors (Lipinski definition) is 4. The van der Waals surface area contributed by atoms with Gasteiger partial charge in [0.1, 0.15) is 6.61 Å². The molecule has 2 N–H and O–H groups in total. The summed E-state index contributed by atoms with van der Waals surface area (Å²) in [4.78, 5) is 24.0. The topological polar surface area (TPSA) is 76.7 Å². The number of amides is 2. The largest absolute Gasteiger partial charge is 0.460 e. The second kappa shape index (κ2) is 7.29. The average Bonchev–Trinajstić information content (AvgIpc) is 2.47. The lowest BCUT2D eigenvalue weighted by Gasteiger charge is -2.28. The number of benzene rings is 1. The van der Waals surface area contributed by atoms with Crippen LogP contribution in [0.1, 0.15) is 18.5 Å². The van der Waals surface area contributed by atoms with Gasteiger partial charge in [-0.1, -0.05) is 23.7 Å². The van der Waals surface area contributed by atoms with Gasteiger partial charge in [-0.25, -0.2) is 9.59 Å². The number of methoxy groups -OCH3 is 1. The van der Waals surface area contributed by atoms with Gasteiger partial charge >= 0.3 is 12.0 Å². The van der Waals surface area contributed by atoms with Gasteiger partial charge < -0.3 is 20.1 Å². The van der Waals surface area contributed by atoms with Gasteiger partial charge in [0.25, 0.3) is 0 Å². The number of esters is 1. The van der Waals surface area contributed by atoms with Crippen LogP contribution in [0.5, 0.6) is 0 Å². The van der Waals surface area contributed by atoms with Crippen LogP contribution in [0.25, 0.3) is 0 Å². The van der Waals surface area contributed by atoms with Crippen LogP contribution < -0.4 is 10.6 Å². The fraction of sp³-hybridized carbons (Fsp3) is 0.333. The summed E-state index contributed by atoms with van der Waals surface area (Å²) >= 11 is 5.87. The highest BCUT2D eigenvalue weighted by atomic mass is 35.5. The van der Waals surface area contributed by atoms with Crippen LogP contribution in [-0.2, 0) is 14.3 Å². The Bertz CT molecular complexity index is 598. The Morgan fingerprint density at radius 2 is 1.95 bits per heavy atom. The van der Waals surface area contributed by atoms with E-state index in [1.54, 1.807) is 31.2 Å². The monoisotopic (exact) mass is 324 g/mol. The number of urea groups is 1. The molecular weight excluding hydrogens is 308 g/mol. The van der Waals surface area contributed by atoms with E-state index in [2.05, 4.69) is 10.6 Å². The molecule has 1 aromatic rings. The normalized spacial score (nSPS) is 17.8. The first kappa shape index (κ1) is 16.3. The Kier molecular flexibility index (Phi) is 5.41. The summed E-state index contributed by atoms with van der Waals surface area (Å²) in [5.41, 5.74) is 1.57. The Hall–Kier alpha value is -2.05. The van der Waals surface area contributed by atoms with E-state index < -0.39 is 12.0 Å². The highest BCUT2D eigenvalue weighted by molar-refractivity contribution is 6.30. The first-order chi connectivity index (χ1) is 10.5. The maximum Gasteiger partial charge on any atom is 0.338 e. The molecule has 0 radical (unpaired) electrons. The van der Waals surface area contributed by atoms with Gasteiger partial charge in [-0.2, -0.15) is 0 Å². The standard InChI is InChI=1S/C15H17ClN2O4/c1-9-12(14(19)22-8-7-21-2)13(18-15(20)17-9)10-3-5-11(16)6-4-10/h3-6,13H,7-8H2,1-2H3,(H2,17,18,20)/t13-/m1/s1. The van der Waals surface area contributed by atoms with Gasteiger partial charge in [0.15, 0.2) is 0 Å². The zero-order chi connectivity index (χ0) is 16.1. The molecule has 0 unspecified atom stereocenters. The minimum atomic E-state index is -0.582. The summed E-state index contributed by atoms with van der Waals surface area (Å²) in [7, 11) is 1.53. The molecule has 0 aliphatic carbocycles. The summed E-state index contributed by atoms with van der Waals surface area (Å²) < 4.78 is 10.0. The first-order valence-corrected chi connectivity index (χ1v) is 7.10. The molecule has 7 heteroatoms. The minimum Gasteiger partial charge on any atom is -0.460 e. The van der Waals surface area contributed by atoms with E-state index in [9.17, 15) is 9.59 Å². The van der Waals surface area contributed by atoms with Gasteiger partial charge in [0.05, 0.1) is 18.2 Å². The van der Waals surface area contributed by atoms with Gasteiger partial charge in [0.2, 0.25) is 0 Å². The molecule has 0 saturated heterocycles. The molecule has 0 aromatic heterocycles. The number of halogens is 1. The highest BCUT2D eigenvalue weighted by Gasteiger charge is 2.32. The maximum absolute atomic E-state index is 12.3. The van der Waals surface area contributed by atoms with Crippen LogP contribution in [0.3, 0.4) is 0 Å². The average molecular weight is 325 g/mol. The molecule has 6 nitrogen and oxygen atoms in total. The number of nitrogens with one attached hydrogen (secondary N) is 2. The van der Waals surface area contributed by atoms with Crippen LogP contribution >= 0.6 is 11.6 Å². The number of ether oxygens (including phenoxy) is 2. The maximum atomic E-state index is 12.3. The lowest BCUT2D eigenvalue weighted by molar-refractivity contribution is -0.140. The Morgan fingerprint density at radius 3 is 2.59 bits per heavy atom. The van der Waals surface area contributed by atoms with Crippen molar-refractivity contribution in [1.29, 1.82) is 0 Å². The Balaban J connectivity index is 2.28. The van der Waals surface area contributed by atoms with E-state index in [-0.39, 0.29) is 12.6 Å². The number of rotatable bonds is 5. The van der Waals surface area contributed by atoms with Crippen molar-refractivity contribution >= 4 is 23.6 Å².